The molecule has 0 saturated carbocycles. The summed E-state index contributed by atoms with van der Waals surface area (Å²) < 4.78 is 38.2. The molecule has 9 heteroatoms. The summed E-state index contributed by atoms with van der Waals surface area (Å²) in [4.78, 5) is 34.9. The molecule has 1 fully saturated rings. The largest absolute Gasteiger partial charge is 0.416 e. The fourth-order valence-electron chi connectivity index (χ4n) is 2.84. The molecule has 2 aromatic rings. The van der Waals surface area contributed by atoms with Crippen molar-refractivity contribution in [1.29, 1.82) is 0 Å². The van der Waals surface area contributed by atoms with Crippen molar-refractivity contribution in [2.75, 3.05) is 6.54 Å². The Hall–Kier alpha value is -2.81. The van der Waals surface area contributed by atoms with Crippen molar-refractivity contribution < 1.29 is 27.6 Å². The smallest absolute Gasteiger partial charge is 0.352 e. The molecule has 3 rings (SSSR count). The second-order valence-corrected chi connectivity index (χ2v) is 7.66. The summed E-state index contributed by atoms with van der Waals surface area (Å²) >= 11 is 0.973. The molecule has 1 saturated heterocycles. The van der Waals surface area contributed by atoms with E-state index in [-0.39, 0.29) is 23.3 Å². The number of halogens is 3. The van der Waals surface area contributed by atoms with Crippen LogP contribution in [0.4, 0.5) is 18.0 Å². The Kier molecular flexibility index (Phi) is 6.26. The van der Waals surface area contributed by atoms with Crippen molar-refractivity contribution in [1.82, 2.24) is 10.6 Å². The minimum Gasteiger partial charge on any atom is -0.352 e. The van der Waals surface area contributed by atoms with E-state index in [0.717, 1.165) is 35.0 Å². The van der Waals surface area contributed by atoms with Crippen LogP contribution in [0.1, 0.15) is 27.0 Å². The molecule has 5 nitrogen and oxygen atoms in total. The maximum Gasteiger partial charge on any atom is 0.416 e. The number of benzene rings is 2. The number of hydrogen-bond donors (Lipinski definition) is 2. The van der Waals surface area contributed by atoms with Crippen molar-refractivity contribution in [2.24, 2.45) is 0 Å². The summed E-state index contributed by atoms with van der Waals surface area (Å²) in [6.45, 7) is 0.268. The minimum absolute atomic E-state index is 0.0444. The van der Waals surface area contributed by atoms with Crippen molar-refractivity contribution in [3.63, 3.8) is 0 Å². The number of imide groups is 1. The maximum absolute atomic E-state index is 12.7. The van der Waals surface area contributed by atoms with Crippen LogP contribution in [-0.4, -0.2) is 28.8 Å². The van der Waals surface area contributed by atoms with E-state index in [4.69, 9.17) is 0 Å². The van der Waals surface area contributed by atoms with Crippen LogP contribution in [0.2, 0.25) is 0 Å². The topological polar surface area (TPSA) is 75.3 Å². The lowest BCUT2D eigenvalue weighted by atomic mass is 10.0. The first-order chi connectivity index (χ1) is 13.7. The average Bonchev–Trinajstić information content (AvgIpc) is 2.99. The third-order valence-corrected chi connectivity index (χ3v) is 5.34. The number of carbonyl (C=O) groups excluding carboxylic acids is 3. The summed E-state index contributed by atoms with van der Waals surface area (Å²) in [6.07, 6.45) is -3.56. The van der Waals surface area contributed by atoms with E-state index in [1.54, 1.807) is 0 Å². The van der Waals surface area contributed by atoms with Gasteiger partial charge in [0, 0.05) is 12.1 Å². The molecule has 29 heavy (non-hydrogen) atoms. The Morgan fingerprint density at radius 3 is 2.38 bits per heavy atom. The molecule has 1 aliphatic heterocycles. The van der Waals surface area contributed by atoms with E-state index < -0.39 is 22.9 Å². The molecule has 2 N–H and O–H groups in total. The molecule has 1 atom stereocenters. The molecule has 1 aliphatic rings. The van der Waals surface area contributed by atoms with Gasteiger partial charge in [-0.15, -0.1) is 0 Å². The summed E-state index contributed by atoms with van der Waals surface area (Å²) in [5.41, 5.74) is 0.926. The first-order valence-electron chi connectivity index (χ1n) is 8.77. The highest BCUT2D eigenvalue weighted by atomic mass is 32.2. The molecular weight excluding hydrogens is 405 g/mol. The molecule has 0 spiro atoms. The van der Waals surface area contributed by atoms with Crippen LogP contribution in [0.25, 0.3) is 0 Å². The number of nitrogens with one attached hydrogen (secondary N) is 2. The van der Waals surface area contributed by atoms with Gasteiger partial charge in [0.25, 0.3) is 11.1 Å². The van der Waals surface area contributed by atoms with Crippen LogP contribution in [0.5, 0.6) is 0 Å². The lowest BCUT2D eigenvalue weighted by Crippen LogP contribution is -2.26. The fourth-order valence-corrected chi connectivity index (χ4v) is 3.70. The number of rotatable bonds is 6. The highest BCUT2D eigenvalue weighted by Gasteiger charge is 2.32. The van der Waals surface area contributed by atoms with Gasteiger partial charge < -0.3 is 5.32 Å². The monoisotopic (exact) mass is 422 g/mol. The Labute approximate surface area is 169 Å². The quantitative estimate of drug-likeness (QED) is 0.746. The molecule has 152 valence electrons. The van der Waals surface area contributed by atoms with Crippen molar-refractivity contribution in [3.8, 4) is 0 Å². The van der Waals surface area contributed by atoms with E-state index in [2.05, 4.69) is 10.6 Å². The van der Waals surface area contributed by atoms with Gasteiger partial charge in [-0.1, -0.05) is 42.1 Å². The number of amides is 3. The molecule has 0 radical (unpaired) electrons. The first kappa shape index (κ1) is 20.9. The van der Waals surface area contributed by atoms with Crippen LogP contribution in [0.15, 0.2) is 48.5 Å². The lowest BCUT2D eigenvalue weighted by molar-refractivity contribution is -0.137. The van der Waals surface area contributed by atoms with Crippen molar-refractivity contribution in [3.05, 3.63) is 70.8 Å². The van der Waals surface area contributed by atoms with Crippen molar-refractivity contribution in [2.45, 2.75) is 24.3 Å². The summed E-state index contributed by atoms with van der Waals surface area (Å²) in [7, 11) is 0. The predicted molar refractivity (Wildman–Crippen MR) is 103 cm³/mol. The van der Waals surface area contributed by atoms with E-state index in [0.29, 0.717) is 12.8 Å². The number of thioether (sulfide) groups is 1. The van der Waals surface area contributed by atoms with E-state index >= 15 is 0 Å². The summed E-state index contributed by atoms with van der Waals surface area (Å²) in [5.74, 6) is -0.858. The number of carbonyl (C=O) groups is 3. The van der Waals surface area contributed by atoms with Crippen LogP contribution in [-0.2, 0) is 23.8 Å². The van der Waals surface area contributed by atoms with Gasteiger partial charge in [0.1, 0.15) is 0 Å². The summed E-state index contributed by atoms with van der Waals surface area (Å²) in [5, 5.41) is 4.08. The highest BCUT2D eigenvalue weighted by Crippen LogP contribution is 2.29. The second-order valence-electron chi connectivity index (χ2n) is 6.49. The van der Waals surface area contributed by atoms with E-state index in [1.165, 1.54) is 12.1 Å². The average molecular weight is 422 g/mol. The predicted octanol–water partition coefficient (Wildman–Crippen LogP) is 3.57. The van der Waals surface area contributed by atoms with Gasteiger partial charge in [0.15, 0.2) is 0 Å². The maximum atomic E-state index is 12.7. The van der Waals surface area contributed by atoms with Gasteiger partial charge in [-0.05, 0) is 42.2 Å². The van der Waals surface area contributed by atoms with Gasteiger partial charge in [0.2, 0.25) is 5.91 Å². The van der Waals surface area contributed by atoms with Gasteiger partial charge in [-0.2, -0.15) is 13.2 Å². The molecule has 0 bridgehead atoms. The molecule has 0 aliphatic carbocycles. The Morgan fingerprint density at radius 1 is 1.07 bits per heavy atom. The SMILES string of the molecule is O=C1NC(=O)C(Cc2ccc(CCNC(=O)c3cccc(C(F)(F)F)c3)cc2)S1. The third kappa shape index (κ3) is 5.60. The fraction of sp³-hybridized carbons (Fsp3) is 0.250. The minimum atomic E-state index is -4.50. The van der Waals surface area contributed by atoms with Crippen molar-refractivity contribution >= 4 is 28.8 Å². The van der Waals surface area contributed by atoms with Crippen LogP contribution in [0.3, 0.4) is 0 Å². The Balaban J connectivity index is 1.50. The second kappa shape index (κ2) is 8.69. The number of hydrogen-bond acceptors (Lipinski definition) is 4. The first-order valence-corrected chi connectivity index (χ1v) is 9.65. The number of alkyl halides is 3. The Morgan fingerprint density at radius 2 is 1.76 bits per heavy atom. The van der Waals surface area contributed by atoms with Gasteiger partial charge in [-0.25, -0.2) is 0 Å². The summed E-state index contributed by atoms with van der Waals surface area (Å²) in [6, 6.07) is 11.7. The lowest BCUT2D eigenvalue weighted by Gasteiger charge is -2.10. The zero-order chi connectivity index (χ0) is 21.0. The zero-order valence-corrected chi connectivity index (χ0v) is 15.9. The third-order valence-electron chi connectivity index (χ3n) is 4.36. The molecular formula is C20H17F3N2O3S. The van der Waals surface area contributed by atoms with Crippen LogP contribution < -0.4 is 10.6 Å². The molecule has 1 unspecified atom stereocenters. The zero-order valence-electron chi connectivity index (χ0n) is 15.1. The van der Waals surface area contributed by atoms with E-state index in [9.17, 15) is 27.6 Å². The molecule has 0 aromatic heterocycles. The molecule has 1 heterocycles. The molecule has 2 aromatic carbocycles. The Bertz CT molecular complexity index is 929. The highest BCUT2D eigenvalue weighted by molar-refractivity contribution is 8.15. The molecule has 3 amide bonds. The standard InChI is InChI=1S/C20H17F3N2O3S/c21-20(22,23)15-3-1-2-14(11-15)17(26)24-9-8-12-4-6-13(7-5-12)10-16-18(27)25-19(28)29-16/h1-7,11,16H,8-10H2,(H,24,26)(H,25,27,28). The van der Waals surface area contributed by atoms with Crippen LogP contribution in [0, 0.1) is 0 Å². The van der Waals surface area contributed by atoms with Gasteiger partial charge >= 0.3 is 6.18 Å². The normalized spacial score (nSPS) is 16.6. The van der Waals surface area contributed by atoms with E-state index in [1.807, 2.05) is 24.3 Å². The van der Waals surface area contributed by atoms with Gasteiger partial charge in [0.05, 0.1) is 10.8 Å². The van der Waals surface area contributed by atoms with Gasteiger partial charge in [-0.3, -0.25) is 19.7 Å². The van der Waals surface area contributed by atoms with Crippen LogP contribution >= 0.6 is 11.8 Å².